The van der Waals surface area contributed by atoms with Crippen LogP contribution in [-0.2, 0) is 9.53 Å². The van der Waals surface area contributed by atoms with Gasteiger partial charge in [-0.1, -0.05) is 27.7 Å². The van der Waals surface area contributed by atoms with Crippen LogP contribution in [0.2, 0.25) is 0 Å². The second-order valence-corrected chi connectivity index (χ2v) is 5.77. The summed E-state index contributed by atoms with van der Waals surface area (Å²) in [5.41, 5.74) is -1.16. The van der Waals surface area contributed by atoms with Gasteiger partial charge in [-0.2, -0.15) is 0 Å². The number of carbonyl (C=O) groups excluding carboxylic acids is 1. The molecule has 0 aliphatic heterocycles. The van der Waals surface area contributed by atoms with E-state index in [1.807, 2.05) is 34.6 Å². The Hall–Kier alpha value is -0.610. The molecule has 4 nitrogen and oxygen atoms in total. The molecule has 0 aromatic heterocycles. The highest BCUT2D eigenvalue weighted by Gasteiger charge is 2.59. The Morgan fingerprint density at radius 1 is 1.53 bits per heavy atom. The van der Waals surface area contributed by atoms with E-state index < -0.39 is 5.60 Å². The van der Waals surface area contributed by atoms with Gasteiger partial charge in [0.25, 0.3) is 0 Å². The predicted molar refractivity (Wildman–Crippen MR) is 66.6 cm³/mol. The molecule has 1 amide bonds. The van der Waals surface area contributed by atoms with Crippen LogP contribution in [0.4, 0.5) is 0 Å². The summed E-state index contributed by atoms with van der Waals surface area (Å²) in [4.78, 5) is 11.5. The third-order valence-electron chi connectivity index (χ3n) is 3.97. The van der Waals surface area contributed by atoms with E-state index in [2.05, 4.69) is 5.32 Å². The maximum Gasteiger partial charge on any atom is 0.222 e. The van der Waals surface area contributed by atoms with Crippen molar-refractivity contribution in [3.63, 3.8) is 0 Å². The fourth-order valence-electron chi connectivity index (χ4n) is 2.20. The van der Waals surface area contributed by atoms with E-state index in [1.54, 1.807) is 0 Å². The lowest BCUT2D eigenvalue weighted by Gasteiger charge is -2.58. The van der Waals surface area contributed by atoms with Gasteiger partial charge in [-0.3, -0.25) is 4.79 Å². The smallest absolute Gasteiger partial charge is 0.222 e. The monoisotopic (exact) mass is 243 g/mol. The van der Waals surface area contributed by atoms with Crippen LogP contribution in [-0.4, -0.2) is 35.9 Å². The molecule has 0 radical (unpaired) electrons. The molecule has 0 saturated heterocycles. The van der Waals surface area contributed by atoms with Crippen LogP contribution in [0.25, 0.3) is 0 Å². The Balaban J connectivity index is 2.52. The first-order valence-corrected chi connectivity index (χ1v) is 6.36. The van der Waals surface area contributed by atoms with E-state index in [4.69, 9.17) is 4.74 Å². The van der Waals surface area contributed by atoms with Gasteiger partial charge >= 0.3 is 0 Å². The summed E-state index contributed by atoms with van der Waals surface area (Å²) in [6, 6.07) is 0. The van der Waals surface area contributed by atoms with E-state index in [0.29, 0.717) is 19.6 Å². The highest BCUT2D eigenvalue weighted by Crippen LogP contribution is 2.50. The lowest BCUT2D eigenvalue weighted by atomic mass is 9.56. The molecule has 0 spiro atoms. The van der Waals surface area contributed by atoms with Gasteiger partial charge in [0, 0.05) is 30.9 Å². The van der Waals surface area contributed by atoms with Crippen molar-refractivity contribution in [1.29, 1.82) is 0 Å². The lowest BCUT2D eigenvalue weighted by Crippen LogP contribution is -2.68. The first-order chi connectivity index (χ1) is 7.74. The predicted octanol–water partition coefficient (Wildman–Crippen LogP) is 1.32. The standard InChI is InChI=1S/C13H25NO3/c1-6-17-10-7-13(16,12(10,4)5)8-14-11(15)9(2)3/h9-10,16H,6-8H2,1-5H3,(H,14,15)/t10-,13+/m0/s1. The van der Waals surface area contributed by atoms with Crippen molar-refractivity contribution in [3.8, 4) is 0 Å². The molecule has 17 heavy (non-hydrogen) atoms. The maximum absolute atomic E-state index is 11.5. The van der Waals surface area contributed by atoms with Gasteiger partial charge in [0.15, 0.2) is 0 Å². The van der Waals surface area contributed by atoms with Crippen molar-refractivity contribution in [1.82, 2.24) is 5.32 Å². The lowest BCUT2D eigenvalue weighted by molar-refractivity contribution is -0.238. The van der Waals surface area contributed by atoms with Crippen molar-refractivity contribution in [2.45, 2.75) is 52.7 Å². The summed E-state index contributed by atoms with van der Waals surface area (Å²) < 4.78 is 5.57. The number of carbonyl (C=O) groups is 1. The molecular formula is C13H25NO3. The molecule has 0 bridgehead atoms. The number of ether oxygens (including phenoxy) is 1. The minimum absolute atomic E-state index is 0.0194. The SMILES string of the molecule is CCO[C@H]1C[C@@](O)(CNC(=O)C(C)C)C1(C)C. The zero-order valence-corrected chi connectivity index (χ0v) is 11.5. The summed E-state index contributed by atoms with van der Waals surface area (Å²) >= 11 is 0. The zero-order chi connectivity index (χ0) is 13.3. The summed E-state index contributed by atoms with van der Waals surface area (Å²) in [5.74, 6) is -0.0708. The first-order valence-electron chi connectivity index (χ1n) is 6.36. The van der Waals surface area contributed by atoms with Gasteiger partial charge < -0.3 is 15.2 Å². The van der Waals surface area contributed by atoms with Crippen molar-refractivity contribution < 1.29 is 14.6 Å². The fourth-order valence-corrected chi connectivity index (χ4v) is 2.20. The second-order valence-electron chi connectivity index (χ2n) is 5.77. The largest absolute Gasteiger partial charge is 0.387 e. The molecule has 100 valence electrons. The van der Waals surface area contributed by atoms with Gasteiger partial charge in [0.05, 0.1) is 11.7 Å². The molecule has 1 fully saturated rings. The highest BCUT2D eigenvalue weighted by molar-refractivity contribution is 5.77. The number of hydrogen-bond acceptors (Lipinski definition) is 3. The van der Waals surface area contributed by atoms with Crippen molar-refractivity contribution in [2.24, 2.45) is 11.3 Å². The third kappa shape index (κ3) is 2.63. The van der Waals surface area contributed by atoms with Gasteiger partial charge in [-0.15, -0.1) is 0 Å². The van der Waals surface area contributed by atoms with Crippen molar-refractivity contribution in [3.05, 3.63) is 0 Å². The minimum Gasteiger partial charge on any atom is -0.387 e. The summed E-state index contributed by atoms with van der Waals surface area (Å²) in [7, 11) is 0. The van der Waals surface area contributed by atoms with Gasteiger partial charge in [0.2, 0.25) is 5.91 Å². The number of amides is 1. The molecule has 1 rings (SSSR count). The topological polar surface area (TPSA) is 58.6 Å². The van der Waals surface area contributed by atoms with E-state index >= 15 is 0 Å². The van der Waals surface area contributed by atoms with Crippen LogP contribution in [0, 0.1) is 11.3 Å². The van der Waals surface area contributed by atoms with E-state index in [0.717, 1.165) is 0 Å². The third-order valence-corrected chi connectivity index (χ3v) is 3.97. The van der Waals surface area contributed by atoms with Crippen LogP contribution in [0.3, 0.4) is 0 Å². The summed E-state index contributed by atoms with van der Waals surface area (Å²) in [6.45, 7) is 10.6. The number of aliphatic hydroxyl groups is 1. The maximum atomic E-state index is 11.5. The van der Waals surface area contributed by atoms with E-state index in [9.17, 15) is 9.90 Å². The Morgan fingerprint density at radius 3 is 2.53 bits per heavy atom. The Morgan fingerprint density at radius 2 is 2.12 bits per heavy atom. The molecular weight excluding hydrogens is 218 g/mol. The molecule has 1 aliphatic carbocycles. The minimum atomic E-state index is -0.850. The molecule has 0 heterocycles. The van der Waals surface area contributed by atoms with Crippen LogP contribution >= 0.6 is 0 Å². The van der Waals surface area contributed by atoms with Crippen LogP contribution in [0.15, 0.2) is 0 Å². The number of nitrogens with one attached hydrogen (secondary N) is 1. The van der Waals surface area contributed by atoms with Gasteiger partial charge in [0.1, 0.15) is 0 Å². The average Bonchev–Trinajstić information content (AvgIpc) is 2.25. The Labute approximate surface area is 104 Å². The Kier molecular flexibility index (Phi) is 4.20. The summed E-state index contributed by atoms with van der Waals surface area (Å²) in [6.07, 6.45) is 0.667. The van der Waals surface area contributed by atoms with Crippen LogP contribution in [0.1, 0.15) is 41.0 Å². The average molecular weight is 243 g/mol. The highest BCUT2D eigenvalue weighted by atomic mass is 16.5. The van der Waals surface area contributed by atoms with Crippen LogP contribution < -0.4 is 5.32 Å². The molecule has 1 saturated carbocycles. The fraction of sp³-hybridized carbons (Fsp3) is 0.923. The van der Waals surface area contributed by atoms with Crippen LogP contribution in [0.5, 0.6) is 0 Å². The first kappa shape index (κ1) is 14.5. The molecule has 0 aromatic carbocycles. The van der Waals surface area contributed by atoms with Gasteiger partial charge in [-0.05, 0) is 6.92 Å². The molecule has 0 aromatic rings. The van der Waals surface area contributed by atoms with Crippen molar-refractivity contribution >= 4 is 5.91 Å². The number of hydrogen-bond donors (Lipinski definition) is 2. The molecule has 2 N–H and O–H groups in total. The Bertz CT molecular complexity index is 288. The second kappa shape index (κ2) is 4.94. The molecule has 4 heteroatoms. The number of rotatable bonds is 5. The quantitative estimate of drug-likeness (QED) is 0.765. The molecule has 2 atom stereocenters. The molecule has 0 unspecified atom stereocenters. The van der Waals surface area contributed by atoms with Crippen molar-refractivity contribution in [2.75, 3.05) is 13.2 Å². The van der Waals surface area contributed by atoms with E-state index in [1.165, 1.54) is 0 Å². The van der Waals surface area contributed by atoms with Gasteiger partial charge in [-0.25, -0.2) is 0 Å². The summed E-state index contributed by atoms with van der Waals surface area (Å²) in [5, 5.41) is 13.3. The van der Waals surface area contributed by atoms with E-state index in [-0.39, 0.29) is 23.3 Å². The molecule has 1 aliphatic rings. The normalized spacial score (nSPS) is 31.1. The zero-order valence-electron chi connectivity index (χ0n) is 11.5.